The summed E-state index contributed by atoms with van der Waals surface area (Å²) in [6.45, 7) is 4.25. The summed E-state index contributed by atoms with van der Waals surface area (Å²) in [5.41, 5.74) is 1.42. The molecule has 2 saturated carbocycles. The second kappa shape index (κ2) is 10.3. The summed E-state index contributed by atoms with van der Waals surface area (Å²) >= 11 is 0. The number of fused-ring (bicyclic) bond motifs is 1. The molecular weight excluding hydrogens is 328 g/mol. The predicted octanol–water partition coefficient (Wildman–Crippen LogP) is 4.32. The van der Waals surface area contributed by atoms with Crippen molar-refractivity contribution >= 4 is 5.97 Å². The van der Waals surface area contributed by atoms with E-state index in [2.05, 4.69) is 26.0 Å². The van der Waals surface area contributed by atoms with Crippen molar-refractivity contribution in [3.8, 4) is 0 Å². The SMILES string of the molecule is CCCC[C@H](C)[C@@H](O)/C=C/[C@@H]1[C@H]2C/C(=C/CCCC(=O)O)C[C@@H]2C[C@H]1O. The molecule has 0 saturated heterocycles. The second-order valence-corrected chi connectivity index (χ2v) is 8.36. The molecule has 2 fully saturated rings. The third kappa shape index (κ3) is 5.95. The molecular formula is C22H36O4. The van der Waals surface area contributed by atoms with Crippen molar-refractivity contribution in [1.29, 1.82) is 0 Å². The number of hydrogen-bond donors (Lipinski definition) is 3. The van der Waals surface area contributed by atoms with Gasteiger partial charge in [0.15, 0.2) is 0 Å². The maximum absolute atomic E-state index is 10.6. The first-order valence-electron chi connectivity index (χ1n) is 10.4. The van der Waals surface area contributed by atoms with Gasteiger partial charge in [0.2, 0.25) is 0 Å². The van der Waals surface area contributed by atoms with E-state index in [-0.39, 0.29) is 24.4 Å². The van der Waals surface area contributed by atoms with Crippen LogP contribution in [0.15, 0.2) is 23.8 Å². The largest absolute Gasteiger partial charge is 0.481 e. The van der Waals surface area contributed by atoms with Gasteiger partial charge in [0, 0.05) is 12.3 Å². The van der Waals surface area contributed by atoms with Crippen molar-refractivity contribution in [2.45, 2.75) is 83.8 Å². The van der Waals surface area contributed by atoms with Crippen LogP contribution < -0.4 is 0 Å². The van der Waals surface area contributed by atoms with E-state index >= 15 is 0 Å². The van der Waals surface area contributed by atoms with Gasteiger partial charge in [-0.25, -0.2) is 0 Å². The number of carbonyl (C=O) groups is 1. The summed E-state index contributed by atoms with van der Waals surface area (Å²) < 4.78 is 0. The summed E-state index contributed by atoms with van der Waals surface area (Å²) in [4.78, 5) is 10.6. The number of aliphatic carboxylic acids is 1. The standard InChI is InChI=1S/C22H36O4/c1-3-4-7-15(2)20(23)11-10-18-19-13-16(8-5-6-9-22(25)26)12-17(19)14-21(18)24/h8,10-11,15,17-21,23-24H,3-7,9,12-14H2,1-2H3,(H,25,26)/b11-10+,16-8+/t15-,17+,18+,19-,20-,21+/m0/s1. The Bertz CT molecular complexity index is 510. The van der Waals surface area contributed by atoms with Gasteiger partial charge < -0.3 is 15.3 Å². The van der Waals surface area contributed by atoms with Crippen LogP contribution >= 0.6 is 0 Å². The maximum atomic E-state index is 10.6. The molecule has 0 aromatic heterocycles. The topological polar surface area (TPSA) is 77.8 Å². The minimum absolute atomic E-state index is 0.137. The van der Waals surface area contributed by atoms with Crippen LogP contribution in [0.5, 0.6) is 0 Å². The van der Waals surface area contributed by atoms with Gasteiger partial charge in [-0.1, -0.05) is 50.5 Å². The van der Waals surface area contributed by atoms with Crippen molar-refractivity contribution in [2.24, 2.45) is 23.7 Å². The summed E-state index contributed by atoms with van der Waals surface area (Å²) in [7, 11) is 0. The maximum Gasteiger partial charge on any atom is 0.303 e. The third-order valence-corrected chi connectivity index (χ3v) is 6.27. The number of allylic oxidation sites excluding steroid dienone is 2. The van der Waals surface area contributed by atoms with Gasteiger partial charge in [-0.15, -0.1) is 0 Å². The molecule has 2 aliphatic carbocycles. The van der Waals surface area contributed by atoms with Gasteiger partial charge >= 0.3 is 5.97 Å². The van der Waals surface area contributed by atoms with Crippen molar-refractivity contribution in [3.05, 3.63) is 23.8 Å². The Labute approximate surface area is 158 Å². The zero-order valence-electron chi connectivity index (χ0n) is 16.3. The summed E-state index contributed by atoms with van der Waals surface area (Å²) in [5.74, 6) is 0.656. The first kappa shape index (κ1) is 21.2. The number of carboxylic acid groups (broad SMARTS) is 1. The summed E-state index contributed by atoms with van der Waals surface area (Å²) in [5, 5.41) is 29.5. The molecule has 0 bridgehead atoms. The van der Waals surface area contributed by atoms with Crippen LogP contribution in [-0.2, 0) is 4.79 Å². The highest BCUT2D eigenvalue weighted by Gasteiger charge is 2.44. The number of aliphatic hydroxyl groups excluding tert-OH is 2. The lowest BCUT2D eigenvalue weighted by Gasteiger charge is -2.19. The molecule has 3 N–H and O–H groups in total. The fourth-order valence-electron chi connectivity index (χ4n) is 4.63. The monoisotopic (exact) mass is 364 g/mol. The highest BCUT2D eigenvalue weighted by molar-refractivity contribution is 5.66. The molecule has 0 spiro atoms. The van der Waals surface area contributed by atoms with Crippen LogP contribution in [0.1, 0.15) is 71.6 Å². The molecule has 0 heterocycles. The Morgan fingerprint density at radius 1 is 1.31 bits per heavy atom. The molecule has 0 unspecified atom stereocenters. The van der Waals surface area contributed by atoms with Crippen LogP contribution in [0.2, 0.25) is 0 Å². The van der Waals surface area contributed by atoms with Gasteiger partial charge in [-0.2, -0.15) is 0 Å². The second-order valence-electron chi connectivity index (χ2n) is 8.36. The molecule has 2 aliphatic rings. The first-order chi connectivity index (χ1) is 12.4. The lowest BCUT2D eigenvalue weighted by Crippen LogP contribution is -2.19. The van der Waals surface area contributed by atoms with Gasteiger partial charge in [-0.05, 0) is 56.3 Å². The molecule has 148 valence electrons. The van der Waals surface area contributed by atoms with Crippen LogP contribution in [0, 0.1) is 23.7 Å². The number of aliphatic hydroxyl groups is 2. The number of carboxylic acids is 1. The number of hydrogen-bond acceptors (Lipinski definition) is 3. The Kier molecular flexibility index (Phi) is 8.36. The van der Waals surface area contributed by atoms with Gasteiger partial charge in [0.1, 0.15) is 0 Å². The lowest BCUT2D eigenvalue weighted by atomic mass is 9.89. The van der Waals surface area contributed by atoms with E-state index in [1.165, 1.54) is 5.57 Å². The smallest absolute Gasteiger partial charge is 0.303 e. The molecule has 0 aromatic carbocycles. The predicted molar refractivity (Wildman–Crippen MR) is 104 cm³/mol. The van der Waals surface area contributed by atoms with Crippen molar-refractivity contribution in [1.82, 2.24) is 0 Å². The van der Waals surface area contributed by atoms with Crippen LogP contribution in [-0.4, -0.2) is 33.5 Å². The highest BCUT2D eigenvalue weighted by atomic mass is 16.4. The molecule has 2 rings (SSSR count). The van der Waals surface area contributed by atoms with E-state index in [1.807, 2.05) is 6.08 Å². The molecule has 6 atom stereocenters. The molecule has 4 nitrogen and oxygen atoms in total. The van der Waals surface area contributed by atoms with E-state index in [9.17, 15) is 15.0 Å². The fourth-order valence-corrected chi connectivity index (χ4v) is 4.63. The van der Waals surface area contributed by atoms with Crippen LogP contribution in [0.4, 0.5) is 0 Å². The Morgan fingerprint density at radius 3 is 2.77 bits per heavy atom. The molecule has 0 amide bonds. The van der Waals surface area contributed by atoms with Crippen molar-refractivity contribution < 1.29 is 20.1 Å². The number of unbranched alkanes of at least 4 members (excludes halogenated alkanes) is 2. The van der Waals surface area contributed by atoms with Crippen molar-refractivity contribution in [3.63, 3.8) is 0 Å². The van der Waals surface area contributed by atoms with Gasteiger partial charge in [0.05, 0.1) is 12.2 Å². The normalized spacial score (nSPS) is 32.2. The van der Waals surface area contributed by atoms with E-state index < -0.39 is 12.1 Å². The average molecular weight is 365 g/mol. The Balaban J connectivity index is 1.87. The zero-order valence-corrected chi connectivity index (χ0v) is 16.3. The molecule has 26 heavy (non-hydrogen) atoms. The summed E-state index contributed by atoms with van der Waals surface area (Å²) in [6, 6.07) is 0. The molecule has 0 radical (unpaired) electrons. The van der Waals surface area contributed by atoms with E-state index in [1.54, 1.807) is 0 Å². The minimum Gasteiger partial charge on any atom is -0.481 e. The minimum atomic E-state index is -0.730. The summed E-state index contributed by atoms with van der Waals surface area (Å²) in [6.07, 6.45) is 13.4. The van der Waals surface area contributed by atoms with Crippen LogP contribution in [0.3, 0.4) is 0 Å². The van der Waals surface area contributed by atoms with Crippen LogP contribution in [0.25, 0.3) is 0 Å². The Morgan fingerprint density at radius 2 is 2.08 bits per heavy atom. The molecule has 0 aromatic rings. The van der Waals surface area contributed by atoms with Gasteiger partial charge in [0.25, 0.3) is 0 Å². The quantitative estimate of drug-likeness (QED) is 0.398. The highest BCUT2D eigenvalue weighted by Crippen LogP contribution is 2.50. The third-order valence-electron chi connectivity index (χ3n) is 6.27. The first-order valence-corrected chi connectivity index (χ1v) is 10.4. The molecule has 0 aliphatic heterocycles. The average Bonchev–Trinajstić information content (AvgIpc) is 3.10. The van der Waals surface area contributed by atoms with E-state index in [4.69, 9.17) is 5.11 Å². The lowest BCUT2D eigenvalue weighted by molar-refractivity contribution is -0.137. The zero-order chi connectivity index (χ0) is 19.1. The Hall–Kier alpha value is -1.13. The van der Waals surface area contributed by atoms with Gasteiger partial charge in [-0.3, -0.25) is 4.79 Å². The van der Waals surface area contributed by atoms with E-state index in [0.29, 0.717) is 18.3 Å². The van der Waals surface area contributed by atoms with E-state index in [0.717, 1.165) is 44.9 Å². The number of rotatable bonds is 10. The fraction of sp³-hybridized carbons (Fsp3) is 0.773. The van der Waals surface area contributed by atoms with Crippen molar-refractivity contribution in [2.75, 3.05) is 0 Å². The molecule has 4 heteroatoms.